The molecule has 2 N–H and O–H groups in total. The molecule has 1 aliphatic carbocycles. The van der Waals surface area contributed by atoms with E-state index in [1.54, 1.807) is 6.07 Å². The molecule has 1 aromatic rings. The number of aliphatic hydroxyl groups is 2. The van der Waals surface area contributed by atoms with Gasteiger partial charge in [-0.2, -0.15) is 0 Å². The number of rotatable bonds is 0. The Morgan fingerprint density at radius 1 is 1.15 bits per heavy atom. The molecule has 72 valence electrons. The van der Waals surface area contributed by atoms with Crippen LogP contribution in [0.3, 0.4) is 0 Å². The lowest BCUT2D eigenvalue weighted by atomic mass is 9.87. The average Bonchev–Trinajstić information content (AvgIpc) is 2.04. The zero-order valence-electron chi connectivity index (χ0n) is 7.23. The number of hydrogen-bond donors (Lipinski definition) is 2. The summed E-state index contributed by atoms with van der Waals surface area (Å²) >= 11 is 0. The first-order valence-electron chi connectivity index (χ1n) is 4.23. The molecule has 2 nitrogen and oxygen atoms in total. The first-order valence-corrected chi connectivity index (χ1v) is 4.23. The van der Waals surface area contributed by atoms with E-state index in [0.29, 0.717) is 12.0 Å². The normalized spacial score (nSPS) is 18.6. The monoisotopic (exact) mass is 244 g/mol. The maximum Gasteiger partial charge on any atom is 0.190 e. The minimum atomic E-state index is -1.59. The molecule has 0 heterocycles. The fourth-order valence-electron chi connectivity index (χ4n) is 1.79. The van der Waals surface area contributed by atoms with E-state index in [-0.39, 0.29) is 17.0 Å². The molecule has 0 spiro atoms. The molecular weight excluding hydrogens is 232 g/mol. The van der Waals surface area contributed by atoms with E-state index in [0.717, 1.165) is 18.4 Å². The van der Waals surface area contributed by atoms with Crippen molar-refractivity contribution in [2.45, 2.75) is 25.0 Å². The van der Waals surface area contributed by atoms with Crippen LogP contribution in [0.2, 0.25) is 0 Å². The zero-order chi connectivity index (χ0) is 8.60. The van der Waals surface area contributed by atoms with Gasteiger partial charge in [-0.15, -0.1) is 17.0 Å². The largest absolute Gasteiger partial charge is 0.362 e. The van der Waals surface area contributed by atoms with E-state index in [1.165, 1.54) is 0 Å². The predicted octanol–water partition coefficient (Wildman–Crippen LogP) is 1.74. The maximum atomic E-state index is 9.58. The van der Waals surface area contributed by atoms with E-state index < -0.39 is 5.79 Å². The van der Waals surface area contributed by atoms with E-state index in [1.807, 2.05) is 18.2 Å². The van der Waals surface area contributed by atoms with Crippen molar-refractivity contribution in [3.8, 4) is 0 Å². The first kappa shape index (κ1) is 10.7. The van der Waals surface area contributed by atoms with Crippen LogP contribution in [0.1, 0.15) is 24.0 Å². The summed E-state index contributed by atoms with van der Waals surface area (Å²) in [5.41, 5.74) is 1.74. The van der Waals surface area contributed by atoms with Gasteiger partial charge in [0.2, 0.25) is 0 Å². The molecule has 1 aromatic carbocycles. The van der Waals surface area contributed by atoms with Crippen LogP contribution < -0.4 is 0 Å². The summed E-state index contributed by atoms with van der Waals surface area (Å²) in [5, 5.41) is 19.2. The number of aryl methyl sites for hydroxylation is 1. The molecule has 0 bridgehead atoms. The van der Waals surface area contributed by atoms with E-state index in [4.69, 9.17) is 0 Å². The summed E-state index contributed by atoms with van der Waals surface area (Å²) in [7, 11) is 0. The number of fused-ring (bicyclic) bond motifs is 1. The molecule has 0 atom stereocenters. The van der Waals surface area contributed by atoms with Crippen LogP contribution in [-0.2, 0) is 12.2 Å². The van der Waals surface area contributed by atoms with Crippen molar-refractivity contribution in [2.24, 2.45) is 0 Å². The Balaban J connectivity index is 0.000000845. The van der Waals surface area contributed by atoms with Gasteiger partial charge in [-0.05, 0) is 18.4 Å². The van der Waals surface area contributed by atoms with Gasteiger partial charge in [0.25, 0.3) is 0 Å². The second-order valence-electron chi connectivity index (χ2n) is 3.33. The van der Waals surface area contributed by atoms with Crippen molar-refractivity contribution >= 4 is 17.0 Å². The Hall–Kier alpha value is -0.380. The molecule has 0 aromatic heterocycles. The van der Waals surface area contributed by atoms with Crippen LogP contribution in [0.25, 0.3) is 0 Å². The molecule has 0 saturated carbocycles. The van der Waals surface area contributed by atoms with Gasteiger partial charge in [0.1, 0.15) is 0 Å². The molecule has 0 saturated heterocycles. The molecule has 0 fully saturated rings. The van der Waals surface area contributed by atoms with Crippen molar-refractivity contribution < 1.29 is 10.2 Å². The maximum absolute atomic E-state index is 9.58. The van der Waals surface area contributed by atoms with Crippen molar-refractivity contribution in [3.63, 3.8) is 0 Å². The molecule has 2 rings (SSSR count). The molecular formula is C10H13BrO2. The Bertz CT molecular complexity index is 297. The smallest absolute Gasteiger partial charge is 0.190 e. The molecule has 13 heavy (non-hydrogen) atoms. The average molecular weight is 245 g/mol. The summed E-state index contributed by atoms with van der Waals surface area (Å²) in [6.45, 7) is 0. The quantitative estimate of drug-likeness (QED) is 0.683. The minimum absolute atomic E-state index is 0. The van der Waals surface area contributed by atoms with Gasteiger partial charge in [0, 0.05) is 12.0 Å². The van der Waals surface area contributed by atoms with Gasteiger partial charge in [0.05, 0.1) is 0 Å². The van der Waals surface area contributed by atoms with Crippen LogP contribution >= 0.6 is 17.0 Å². The van der Waals surface area contributed by atoms with Gasteiger partial charge in [0.15, 0.2) is 5.79 Å². The standard InChI is InChI=1S/C10H12O2.BrH/c11-10(12)7-3-5-8-4-1-2-6-9(8)10;/h1-2,4,6,11-12H,3,5,7H2;1H. The van der Waals surface area contributed by atoms with Gasteiger partial charge in [-0.1, -0.05) is 24.3 Å². The van der Waals surface area contributed by atoms with Gasteiger partial charge in [-0.3, -0.25) is 0 Å². The van der Waals surface area contributed by atoms with E-state index >= 15 is 0 Å². The van der Waals surface area contributed by atoms with Crippen LogP contribution in [0, 0.1) is 0 Å². The third-order valence-corrected chi connectivity index (χ3v) is 2.42. The summed E-state index contributed by atoms with van der Waals surface area (Å²) in [4.78, 5) is 0. The van der Waals surface area contributed by atoms with Gasteiger partial charge < -0.3 is 10.2 Å². The highest BCUT2D eigenvalue weighted by atomic mass is 79.9. The third-order valence-electron chi connectivity index (χ3n) is 2.42. The Morgan fingerprint density at radius 2 is 1.85 bits per heavy atom. The molecule has 0 amide bonds. The molecule has 3 heteroatoms. The molecule has 0 unspecified atom stereocenters. The fourth-order valence-corrected chi connectivity index (χ4v) is 1.79. The summed E-state index contributed by atoms with van der Waals surface area (Å²) < 4.78 is 0. The van der Waals surface area contributed by atoms with Crippen LogP contribution in [0.5, 0.6) is 0 Å². The molecule has 0 aliphatic heterocycles. The Kier molecular flexibility index (Phi) is 3.11. The lowest BCUT2D eigenvalue weighted by Gasteiger charge is -2.29. The topological polar surface area (TPSA) is 40.5 Å². The van der Waals surface area contributed by atoms with Gasteiger partial charge >= 0.3 is 0 Å². The lowest BCUT2D eigenvalue weighted by molar-refractivity contribution is -0.179. The zero-order valence-corrected chi connectivity index (χ0v) is 8.95. The van der Waals surface area contributed by atoms with Crippen molar-refractivity contribution in [2.75, 3.05) is 0 Å². The van der Waals surface area contributed by atoms with Crippen molar-refractivity contribution in [1.82, 2.24) is 0 Å². The number of hydrogen-bond acceptors (Lipinski definition) is 2. The highest BCUT2D eigenvalue weighted by Gasteiger charge is 2.30. The highest BCUT2D eigenvalue weighted by Crippen LogP contribution is 2.32. The van der Waals surface area contributed by atoms with Crippen LogP contribution in [0.4, 0.5) is 0 Å². The predicted molar refractivity (Wildman–Crippen MR) is 55.8 cm³/mol. The van der Waals surface area contributed by atoms with Crippen LogP contribution in [0.15, 0.2) is 24.3 Å². The summed E-state index contributed by atoms with van der Waals surface area (Å²) in [5.74, 6) is -1.59. The second kappa shape index (κ2) is 3.78. The number of halogens is 1. The second-order valence-corrected chi connectivity index (χ2v) is 3.33. The van der Waals surface area contributed by atoms with Gasteiger partial charge in [-0.25, -0.2) is 0 Å². The summed E-state index contributed by atoms with van der Waals surface area (Å²) in [6.07, 6.45) is 2.26. The lowest BCUT2D eigenvalue weighted by Crippen LogP contribution is -2.29. The highest BCUT2D eigenvalue weighted by molar-refractivity contribution is 8.93. The van der Waals surface area contributed by atoms with Crippen molar-refractivity contribution in [3.05, 3.63) is 35.4 Å². The minimum Gasteiger partial charge on any atom is -0.362 e. The van der Waals surface area contributed by atoms with E-state index in [9.17, 15) is 10.2 Å². The SMILES string of the molecule is Br.OC1(O)CCCc2ccccc21. The van der Waals surface area contributed by atoms with Crippen LogP contribution in [-0.4, -0.2) is 10.2 Å². The Morgan fingerprint density at radius 3 is 2.54 bits per heavy atom. The van der Waals surface area contributed by atoms with Crippen molar-refractivity contribution in [1.29, 1.82) is 0 Å². The number of benzene rings is 1. The molecule has 1 aliphatic rings. The fraction of sp³-hybridized carbons (Fsp3) is 0.400. The summed E-state index contributed by atoms with van der Waals surface area (Å²) in [6, 6.07) is 7.51. The molecule has 0 radical (unpaired) electrons. The first-order chi connectivity index (χ1) is 5.70. The third kappa shape index (κ3) is 1.93. The van der Waals surface area contributed by atoms with E-state index in [2.05, 4.69) is 0 Å². The Labute approximate surface area is 88.0 Å².